The highest BCUT2D eigenvalue weighted by Crippen LogP contribution is 2.23. The van der Waals surface area contributed by atoms with Crippen molar-refractivity contribution in [2.75, 3.05) is 42.5 Å². The Balaban J connectivity index is 1.43. The third kappa shape index (κ3) is 4.59. The van der Waals surface area contributed by atoms with Crippen molar-refractivity contribution in [3.63, 3.8) is 0 Å². The van der Waals surface area contributed by atoms with Crippen LogP contribution in [0.4, 0.5) is 11.6 Å². The van der Waals surface area contributed by atoms with E-state index in [1.165, 1.54) is 24.8 Å². The maximum Gasteiger partial charge on any atom is 0.134 e. The predicted molar refractivity (Wildman–Crippen MR) is 111 cm³/mol. The van der Waals surface area contributed by atoms with Crippen LogP contribution in [0, 0.1) is 0 Å². The van der Waals surface area contributed by atoms with E-state index in [1.54, 1.807) is 6.33 Å². The normalized spacial score (nSPS) is 21.9. The van der Waals surface area contributed by atoms with Crippen molar-refractivity contribution in [1.29, 1.82) is 0 Å². The smallest absolute Gasteiger partial charge is 0.134 e. The number of rotatable bonds is 4. The lowest BCUT2D eigenvalue weighted by Crippen LogP contribution is -2.34. The molecule has 2 aliphatic rings. The van der Waals surface area contributed by atoms with E-state index < -0.39 is 0 Å². The molecule has 1 aromatic heterocycles. The molecule has 144 valence electrons. The summed E-state index contributed by atoms with van der Waals surface area (Å²) in [6.07, 6.45) is 6.80. The zero-order valence-electron chi connectivity index (χ0n) is 16.4. The maximum absolute atomic E-state index is 4.60. The van der Waals surface area contributed by atoms with Crippen molar-refractivity contribution in [3.05, 3.63) is 48.3 Å². The van der Waals surface area contributed by atoms with Crippen molar-refractivity contribution in [1.82, 2.24) is 14.9 Å². The number of benzene rings is 1. The van der Waals surface area contributed by atoms with Gasteiger partial charge in [-0.15, -0.1) is 0 Å². The molecule has 1 unspecified atom stereocenters. The highest BCUT2D eigenvalue weighted by Gasteiger charge is 2.22. The Morgan fingerprint density at radius 1 is 0.852 bits per heavy atom. The van der Waals surface area contributed by atoms with Crippen LogP contribution in [0.5, 0.6) is 0 Å². The largest absolute Gasteiger partial charge is 0.356 e. The molecule has 5 nitrogen and oxygen atoms in total. The molecule has 0 spiro atoms. The average Bonchev–Trinajstić information content (AvgIpc) is 2.91. The summed E-state index contributed by atoms with van der Waals surface area (Å²) in [5, 5.41) is 0. The predicted octanol–water partition coefficient (Wildman–Crippen LogP) is 3.57. The molecule has 2 fully saturated rings. The first-order chi connectivity index (χ1) is 13.3. The molecule has 0 N–H and O–H groups in total. The third-order valence-electron chi connectivity index (χ3n) is 5.97. The lowest BCUT2D eigenvalue weighted by molar-refractivity contribution is 0.212. The van der Waals surface area contributed by atoms with Gasteiger partial charge in [0.1, 0.15) is 18.0 Å². The Morgan fingerprint density at radius 3 is 2.30 bits per heavy atom. The number of anilines is 2. The van der Waals surface area contributed by atoms with Crippen LogP contribution in [0.25, 0.3) is 0 Å². The standard InChI is InChI=1S/C22H31N5/c1-19-10-13-26(14-15-27(19)17-20-8-4-2-5-9-20)22-16-21(23-18-24-22)25-11-6-3-7-12-25/h2,4-5,8-9,16,18-19H,3,6-7,10-15,17H2,1H3. The summed E-state index contributed by atoms with van der Waals surface area (Å²) in [5.41, 5.74) is 1.40. The van der Waals surface area contributed by atoms with Crippen LogP contribution in [0.15, 0.2) is 42.7 Å². The van der Waals surface area contributed by atoms with Crippen LogP contribution in [-0.2, 0) is 6.54 Å². The van der Waals surface area contributed by atoms with E-state index >= 15 is 0 Å². The van der Waals surface area contributed by atoms with Gasteiger partial charge in [0.05, 0.1) is 0 Å². The maximum atomic E-state index is 4.60. The molecule has 5 heteroatoms. The minimum atomic E-state index is 0.582. The van der Waals surface area contributed by atoms with Gasteiger partial charge in [0.25, 0.3) is 0 Å². The third-order valence-corrected chi connectivity index (χ3v) is 5.97. The van der Waals surface area contributed by atoms with Gasteiger partial charge in [-0.2, -0.15) is 0 Å². The molecule has 0 radical (unpaired) electrons. The van der Waals surface area contributed by atoms with Crippen molar-refractivity contribution < 1.29 is 0 Å². The number of aromatic nitrogens is 2. The van der Waals surface area contributed by atoms with Crippen LogP contribution in [0.1, 0.15) is 38.2 Å². The highest BCUT2D eigenvalue weighted by atomic mass is 15.3. The monoisotopic (exact) mass is 365 g/mol. The second-order valence-corrected chi connectivity index (χ2v) is 7.86. The van der Waals surface area contributed by atoms with Gasteiger partial charge in [0.15, 0.2) is 0 Å². The van der Waals surface area contributed by atoms with E-state index in [4.69, 9.17) is 0 Å². The second kappa shape index (κ2) is 8.70. The van der Waals surface area contributed by atoms with Gasteiger partial charge in [-0.25, -0.2) is 9.97 Å². The van der Waals surface area contributed by atoms with Gasteiger partial charge < -0.3 is 9.80 Å². The Bertz CT molecular complexity index is 714. The first kappa shape index (κ1) is 18.2. The van der Waals surface area contributed by atoms with Gasteiger partial charge in [-0.05, 0) is 38.2 Å². The average molecular weight is 366 g/mol. The van der Waals surface area contributed by atoms with Gasteiger partial charge in [0, 0.05) is 51.4 Å². The minimum Gasteiger partial charge on any atom is -0.356 e. The van der Waals surface area contributed by atoms with E-state index in [1.807, 2.05) is 0 Å². The summed E-state index contributed by atoms with van der Waals surface area (Å²) in [5.74, 6) is 2.18. The Kier molecular flexibility index (Phi) is 5.87. The summed E-state index contributed by atoms with van der Waals surface area (Å²) in [7, 11) is 0. The van der Waals surface area contributed by atoms with Gasteiger partial charge in [0.2, 0.25) is 0 Å². The van der Waals surface area contributed by atoms with Crippen LogP contribution in [0.3, 0.4) is 0 Å². The van der Waals surface area contributed by atoms with E-state index in [-0.39, 0.29) is 0 Å². The molecule has 0 aliphatic carbocycles. The Labute approximate surface area is 163 Å². The second-order valence-electron chi connectivity index (χ2n) is 7.86. The summed E-state index contributed by atoms with van der Waals surface area (Å²) >= 11 is 0. The zero-order chi connectivity index (χ0) is 18.5. The van der Waals surface area contributed by atoms with Gasteiger partial charge >= 0.3 is 0 Å². The topological polar surface area (TPSA) is 35.5 Å². The van der Waals surface area contributed by atoms with Gasteiger partial charge in [-0.1, -0.05) is 30.3 Å². The molecule has 0 amide bonds. The van der Waals surface area contributed by atoms with Crippen LogP contribution < -0.4 is 9.80 Å². The first-order valence-corrected chi connectivity index (χ1v) is 10.4. The van der Waals surface area contributed by atoms with Crippen molar-refractivity contribution in [2.24, 2.45) is 0 Å². The minimum absolute atomic E-state index is 0.582. The summed E-state index contributed by atoms with van der Waals surface area (Å²) in [6, 6.07) is 13.6. The molecule has 27 heavy (non-hydrogen) atoms. The molecule has 2 saturated heterocycles. The first-order valence-electron chi connectivity index (χ1n) is 10.4. The fraction of sp³-hybridized carbons (Fsp3) is 0.545. The highest BCUT2D eigenvalue weighted by molar-refractivity contribution is 5.50. The zero-order valence-corrected chi connectivity index (χ0v) is 16.4. The van der Waals surface area contributed by atoms with E-state index in [0.717, 1.165) is 57.3 Å². The number of nitrogens with zero attached hydrogens (tertiary/aromatic N) is 5. The molecule has 0 saturated carbocycles. The molecule has 1 atom stereocenters. The molecule has 2 aromatic rings. The molecule has 3 heterocycles. The quantitative estimate of drug-likeness (QED) is 0.828. The summed E-state index contributed by atoms with van der Waals surface area (Å²) in [4.78, 5) is 16.6. The molecular weight excluding hydrogens is 334 g/mol. The SMILES string of the molecule is CC1CCN(c2cc(N3CCCCC3)ncn2)CCN1Cc1ccccc1. The van der Waals surface area contributed by atoms with E-state index in [9.17, 15) is 0 Å². The fourth-order valence-electron chi connectivity index (χ4n) is 4.19. The van der Waals surface area contributed by atoms with Crippen LogP contribution in [-0.4, -0.2) is 53.6 Å². The molecule has 0 bridgehead atoms. The fourth-order valence-corrected chi connectivity index (χ4v) is 4.19. The van der Waals surface area contributed by atoms with Crippen molar-refractivity contribution in [2.45, 2.75) is 45.2 Å². The molecule has 1 aromatic carbocycles. The summed E-state index contributed by atoms with van der Waals surface area (Å²) < 4.78 is 0. The van der Waals surface area contributed by atoms with E-state index in [2.05, 4.69) is 68.0 Å². The summed E-state index contributed by atoms with van der Waals surface area (Å²) in [6.45, 7) is 8.77. The molecule has 2 aliphatic heterocycles. The van der Waals surface area contributed by atoms with Crippen molar-refractivity contribution in [3.8, 4) is 0 Å². The Morgan fingerprint density at radius 2 is 1.56 bits per heavy atom. The number of hydrogen-bond donors (Lipinski definition) is 0. The van der Waals surface area contributed by atoms with Gasteiger partial charge in [-0.3, -0.25) is 4.90 Å². The number of piperidine rings is 1. The van der Waals surface area contributed by atoms with E-state index in [0.29, 0.717) is 6.04 Å². The lowest BCUT2D eigenvalue weighted by atomic mass is 10.1. The molecule has 4 rings (SSSR count). The van der Waals surface area contributed by atoms with Crippen LogP contribution >= 0.6 is 0 Å². The van der Waals surface area contributed by atoms with Crippen LogP contribution in [0.2, 0.25) is 0 Å². The molecular formula is C22H31N5. The Hall–Kier alpha value is -2.14. The lowest BCUT2D eigenvalue weighted by Gasteiger charge is -2.29. The van der Waals surface area contributed by atoms with Crippen molar-refractivity contribution >= 4 is 11.6 Å². The number of hydrogen-bond acceptors (Lipinski definition) is 5.